The number of thiazole rings is 1. The van der Waals surface area contributed by atoms with Gasteiger partial charge in [0.05, 0.1) is 28.0 Å². The molecule has 2 aromatic carbocycles. The first-order valence-corrected chi connectivity index (χ1v) is 10.4. The zero-order chi connectivity index (χ0) is 18.9. The second-order valence-electron chi connectivity index (χ2n) is 5.64. The maximum absolute atomic E-state index is 12.7. The highest BCUT2D eigenvalue weighted by Gasteiger charge is 2.21. The lowest BCUT2D eigenvalue weighted by atomic mass is 10.2. The van der Waals surface area contributed by atoms with Crippen molar-refractivity contribution < 1.29 is 17.9 Å². The fraction of sp³-hybridized carbons (Fsp3) is 0.222. The van der Waals surface area contributed by atoms with E-state index in [1.807, 2.05) is 19.1 Å². The number of carbonyl (C=O) groups excluding carboxylic acids is 1. The van der Waals surface area contributed by atoms with Gasteiger partial charge < -0.3 is 4.74 Å². The van der Waals surface area contributed by atoms with Gasteiger partial charge in [-0.25, -0.2) is 13.4 Å². The molecule has 1 aromatic heterocycles. The van der Waals surface area contributed by atoms with Crippen molar-refractivity contribution in [3.05, 3.63) is 47.5 Å². The summed E-state index contributed by atoms with van der Waals surface area (Å²) in [5, 5.41) is 3.10. The molecule has 0 radical (unpaired) electrons. The van der Waals surface area contributed by atoms with E-state index in [0.29, 0.717) is 16.4 Å². The largest absolute Gasteiger partial charge is 0.494 e. The summed E-state index contributed by atoms with van der Waals surface area (Å²) in [5.74, 6) is 0.0408. The second-order valence-corrected chi connectivity index (χ2v) is 8.88. The SMILES string of the molecule is CCS(=O)(=O)c1ccccc1C(=O)Nc1nc2c(OC)ccc(C)c2s1. The lowest BCUT2D eigenvalue weighted by Gasteiger charge is -2.08. The van der Waals surface area contributed by atoms with E-state index in [0.717, 1.165) is 10.3 Å². The Morgan fingerprint density at radius 3 is 2.65 bits per heavy atom. The van der Waals surface area contributed by atoms with Crippen LogP contribution in [0, 0.1) is 6.92 Å². The number of aromatic nitrogens is 1. The summed E-state index contributed by atoms with van der Waals surface area (Å²) in [4.78, 5) is 17.1. The number of hydrogen-bond donors (Lipinski definition) is 1. The van der Waals surface area contributed by atoms with Gasteiger partial charge in [0.1, 0.15) is 11.3 Å². The maximum Gasteiger partial charge on any atom is 0.258 e. The molecule has 0 aliphatic carbocycles. The van der Waals surface area contributed by atoms with Gasteiger partial charge in [0, 0.05) is 0 Å². The quantitative estimate of drug-likeness (QED) is 0.719. The summed E-state index contributed by atoms with van der Waals surface area (Å²) in [7, 11) is -1.94. The number of methoxy groups -OCH3 is 1. The van der Waals surface area contributed by atoms with Gasteiger partial charge in [-0.1, -0.05) is 36.5 Å². The molecule has 3 rings (SSSR count). The number of anilines is 1. The molecular formula is C18H18N2O4S2. The monoisotopic (exact) mass is 390 g/mol. The van der Waals surface area contributed by atoms with Gasteiger partial charge in [-0.15, -0.1) is 0 Å². The maximum atomic E-state index is 12.7. The molecule has 26 heavy (non-hydrogen) atoms. The second kappa shape index (κ2) is 7.05. The fourth-order valence-corrected chi connectivity index (χ4v) is 4.61. The Morgan fingerprint density at radius 2 is 1.96 bits per heavy atom. The highest BCUT2D eigenvalue weighted by atomic mass is 32.2. The van der Waals surface area contributed by atoms with Crippen molar-refractivity contribution in [1.82, 2.24) is 4.98 Å². The number of aryl methyl sites for hydroxylation is 1. The van der Waals surface area contributed by atoms with Crippen LogP contribution >= 0.6 is 11.3 Å². The molecule has 8 heteroatoms. The van der Waals surface area contributed by atoms with Crippen LogP contribution in [0.1, 0.15) is 22.8 Å². The predicted molar refractivity (Wildman–Crippen MR) is 103 cm³/mol. The number of hydrogen-bond acceptors (Lipinski definition) is 6. The molecule has 0 aliphatic rings. The average molecular weight is 390 g/mol. The lowest BCUT2D eigenvalue weighted by molar-refractivity contribution is 0.102. The lowest BCUT2D eigenvalue weighted by Crippen LogP contribution is -2.17. The Balaban J connectivity index is 2.00. The van der Waals surface area contributed by atoms with E-state index >= 15 is 0 Å². The van der Waals surface area contributed by atoms with Crippen LogP contribution in [0.4, 0.5) is 5.13 Å². The van der Waals surface area contributed by atoms with Gasteiger partial charge >= 0.3 is 0 Å². The molecule has 1 amide bonds. The molecule has 136 valence electrons. The average Bonchev–Trinajstić information content (AvgIpc) is 3.06. The summed E-state index contributed by atoms with van der Waals surface area (Å²) in [6.07, 6.45) is 0. The van der Waals surface area contributed by atoms with E-state index in [1.54, 1.807) is 26.2 Å². The fourth-order valence-electron chi connectivity index (χ4n) is 2.57. The molecule has 1 N–H and O–H groups in total. The van der Waals surface area contributed by atoms with Crippen LogP contribution in [0.3, 0.4) is 0 Å². The number of amides is 1. The topological polar surface area (TPSA) is 85.4 Å². The number of rotatable bonds is 5. The normalized spacial score (nSPS) is 11.5. The molecule has 0 bridgehead atoms. The third-order valence-corrected chi connectivity index (χ3v) is 6.88. The summed E-state index contributed by atoms with van der Waals surface area (Å²) < 4.78 is 30.7. The van der Waals surface area contributed by atoms with Gasteiger partial charge in [0.25, 0.3) is 5.91 Å². The van der Waals surface area contributed by atoms with Gasteiger partial charge in [0.2, 0.25) is 0 Å². The number of sulfone groups is 1. The van der Waals surface area contributed by atoms with Crippen LogP contribution in [0.2, 0.25) is 0 Å². The third-order valence-electron chi connectivity index (χ3n) is 3.99. The molecule has 1 heterocycles. The number of fused-ring (bicyclic) bond motifs is 1. The Bertz CT molecular complexity index is 1090. The van der Waals surface area contributed by atoms with Crippen LogP contribution in [0.5, 0.6) is 5.75 Å². The third kappa shape index (κ3) is 3.30. The van der Waals surface area contributed by atoms with Crippen molar-refractivity contribution in [2.24, 2.45) is 0 Å². The molecule has 0 spiro atoms. The Hall–Kier alpha value is -2.45. The van der Waals surface area contributed by atoms with Gasteiger partial charge in [-0.2, -0.15) is 0 Å². The summed E-state index contributed by atoms with van der Waals surface area (Å²) >= 11 is 1.32. The molecule has 0 saturated heterocycles. The van der Waals surface area contributed by atoms with Crippen molar-refractivity contribution in [1.29, 1.82) is 0 Å². The van der Waals surface area contributed by atoms with E-state index < -0.39 is 15.7 Å². The van der Waals surface area contributed by atoms with Crippen molar-refractivity contribution in [3.63, 3.8) is 0 Å². The molecule has 0 fully saturated rings. The molecule has 0 unspecified atom stereocenters. The molecule has 0 saturated carbocycles. The Morgan fingerprint density at radius 1 is 1.23 bits per heavy atom. The number of ether oxygens (including phenoxy) is 1. The van der Waals surface area contributed by atoms with Gasteiger partial charge in [0.15, 0.2) is 15.0 Å². The van der Waals surface area contributed by atoms with Crippen molar-refractivity contribution in [3.8, 4) is 5.75 Å². The van der Waals surface area contributed by atoms with Crippen LogP contribution in [-0.2, 0) is 9.84 Å². The van der Waals surface area contributed by atoms with Crippen LogP contribution in [0.25, 0.3) is 10.2 Å². The first-order chi connectivity index (χ1) is 12.4. The van der Waals surface area contributed by atoms with Crippen LogP contribution < -0.4 is 10.1 Å². The number of nitrogens with zero attached hydrogens (tertiary/aromatic N) is 1. The van der Waals surface area contributed by atoms with Crippen molar-refractivity contribution in [2.75, 3.05) is 18.2 Å². The minimum atomic E-state index is -3.51. The minimum Gasteiger partial charge on any atom is -0.494 e. The van der Waals surface area contributed by atoms with E-state index in [2.05, 4.69) is 10.3 Å². The number of benzene rings is 2. The molecule has 0 atom stereocenters. The molecular weight excluding hydrogens is 372 g/mol. The number of carbonyl (C=O) groups is 1. The van der Waals surface area contributed by atoms with Crippen LogP contribution in [0.15, 0.2) is 41.3 Å². The van der Waals surface area contributed by atoms with E-state index in [-0.39, 0.29) is 16.2 Å². The van der Waals surface area contributed by atoms with Gasteiger partial charge in [-0.3, -0.25) is 10.1 Å². The highest BCUT2D eigenvalue weighted by Crippen LogP contribution is 2.35. The molecule has 6 nitrogen and oxygen atoms in total. The molecule has 3 aromatic rings. The Labute approximate surface area is 155 Å². The van der Waals surface area contributed by atoms with Crippen molar-refractivity contribution >= 4 is 42.4 Å². The smallest absolute Gasteiger partial charge is 0.258 e. The molecule has 0 aliphatic heterocycles. The zero-order valence-corrected chi connectivity index (χ0v) is 16.2. The van der Waals surface area contributed by atoms with E-state index in [1.165, 1.54) is 23.5 Å². The van der Waals surface area contributed by atoms with Crippen LogP contribution in [-0.4, -0.2) is 32.2 Å². The predicted octanol–water partition coefficient (Wildman–Crippen LogP) is 3.66. The summed E-state index contributed by atoms with van der Waals surface area (Å²) in [6.45, 7) is 3.50. The van der Waals surface area contributed by atoms with Crippen molar-refractivity contribution in [2.45, 2.75) is 18.7 Å². The minimum absolute atomic E-state index is 0.0230. The standard InChI is InChI=1S/C18H18N2O4S2/c1-4-26(22,23)14-8-6-5-7-12(14)17(21)20-18-19-15-13(24-3)10-9-11(2)16(15)25-18/h5-10H,4H2,1-3H3,(H,19,20,21). The summed E-state index contributed by atoms with van der Waals surface area (Å²) in [5.41, 5.74) is 1.80. The van der Waals surface area contributed by atoms with E-state index in [4.69, 9.17) is 4.74 Å². The number of nitrogens with one attached hydrogen (secondary N) is 1. The Kier molecular flexibility index (Phi) is 4.97. The highest BCUT2D eigenvalue weighted by molar-refractivity contribution is 7.91. The first-order valence-electron chi connectivity index (χ1n) is 7.94. The first kappa shape index (κ1) is 18.3. The summed E-state index contributed by atoms with van der Waals surface area (Å²) in [6, 6.07) is 9.93. The van der Waals surface area contributed by atoms with E-state index in [9.17, 15) is 13.2 Å². The van der Waals surface area contributed by atoms with Gasteiger partial charge in [-0.05, 0) is 30.7 Å². The zero-order valence-electron chi connectivity index (χ0n) is 14.6.